The van der Waals surface area contributed by atoms with E-state index in [9.17, 15) is 39.9 Å². The van der Waals surface area contributed by atoms with Crippen LogP contribution in [0.1, 0.15) is 31.7 Å². The van der Waals surface area contributed by atoms with Crippen LogP contribution >= 0.6 is 0 Å². The Balaban J connectivity index is 1.64. The van der Waals surface area contributed by atoms with Crippen LogP contribution in [0.2, 0.25) is 0 Å². The predicted molar refractivity (Wildman–Crippen MR) is 141 cm³/mol. The molecule has 0 saturated heterocycles. The number of hydrogen-bond donors (Lipinski definition) is 0. The van der Waals surface area contributed by atoms with Gasteiger partial charge in [0, 0.05) is 17.5 Å². The molecule has 248 valence electrons. The number of aryl methyl sites for hydroxylation is 1. The van der Waals surface area contributed by atoms with Crippen molar-refractivity contribution in [1.82, 2.24) is 0 Å². The van der Waals surface area contributed by atoms with Crippen LogP contribution < -0.4 is 9.47 Å². The molecule has 0 aliphatic rings. The minimum Gasteiger partial charge on any atom is -0.496 e. The van der Waals surface area contributed by atoms with Gasteiger partial charge in [-0.25, -0.2) is 19.0 Å². The maximum absolute atomic E-state index is 14.1. The van der Waals surface area contributed by atoms with E-state index in [0.29, 0.717) is 28.5 Å². The first-order chi connectivity index (χ1) is 21.0. The lowest BCUT2D eigenvalue weighted by Crippen LogP contribution is -2.46. The van der Waals surface area contributed by atoms with Gasteiger partial charge in [0.05, 0.1) is 12.7 Å². The van der Waals surface area contributed by atoms with Crippen LogP contribution in [0.15, 0.2) is 59.5 Å². The summed E-state index contributed by atoms with van der Waals surface area (Å²) in [4.78, 5) is 10.8. The van der Waals surface area contributed by atoms with Gasteiger partial charge < -0.3 is 18.6 Å². The van der Waals surface area contributed by atoms with Gasteiger partial charge in [0.25, 0.3) is 0 Å². The summed E-state index contributed by atoms with van der Waals surface area (Å²) in [6.45, 7) is 0.850. The van der Waals surface area contributed by atoms with Crippen LogP contribution in [-0.2, 0) is 30.2 Å². The molecule has 0 atom stereocenters. The fraction of sp³-hybridized carbons (Fsp3) is 0.414. The van der Waals surface area contributed by atoms with Gasteiger partial charge in [-0.15, -0.1) is 17.6 Å². The van der Waals surface area contributed by atoms with Crippen LogP contribution in [0.25, 0.3) is 22.3 Å². The molecule has 0 aliphatic heterocycles. The van der Waals surface area contributed by atoms with Gasteiger partial charge in [-0.1, -0.05) is 32.4 Å². The number of unbranched alkanes of at least 4 members (excludes halogenated alkanes) is 2. The topological polar surface area (TPSA) is 85.6 Å². The van der Waals surface area contributed by atoms with Gasteiger partial charge in [-0.3, -0.25) is 0 Å². The zero-order valence-corrected chi connectivity index (χ0v) is 23.9. The average molecular weight is 657 g/mol. The largest absolute Gasteiger partial charge is 0.496 e. The summed E-state index contributed by atoms with van der Waals surface area (Å²) in [6, 6.07) is 11.0. The number of carbonyl (C=O) groups excluding carboxylic acids is 1. The molecule has 0 bridgehead atoms. The van der Waals surface area contributed by atoms with E-state index in [1.54, 1.807) is 6.07 Å². The Morgan fingerprint density at radius 2 is 1.53 bits per heavy atom. The summed E-state index contributed by atoms with van der Waals surface area (Å²) < 4.78 is 138. The third-order valence-electron chi connectivity index (χ3n) is 5.82. The molecular weight excluding hydrogens is 628 g/mol. The van der Waals surface area contributed by atoms with Crippen molar-refractivity contribution in [2.24, 2.45) is 0 Å². The van der Waals surface area contributed by atoms with E-state index in [0.717, 1.165) is 31.2 Å². The summed E-state index contributed by atoms with van der Waals surface area (Å²) in [6.07, 6.45) is -17.4. The third-order valence-corrected chi connectivity index (χ3v) is 5.82. The average Bonchev–Trinajstić information content (AvgIpc) is 3.36. The highest BCUT2D eigenvalue weighted by Crippen LogP contribution is 2.38. The first-order valence-electron chi connectivity index (χ1n) is 13.2. The number of alkyl halides is 8. The molecule has 0 amide bonds. The third kappa shape index (κ3) is 10.9. The van der Waals surface area contributed by atoms with Crippen molar-refractivity contribution < 1.29 is 72.8 Å². The lowest BCUT2D eigenvalue weighted by atomic mass is 10.0. The molecular formula is C29H28F8O8. The number of halogens is 8. The monoisotopic (exact) mass is 656 g/mol. The van der Waals surface area contributed by atoms with Crippen LogP contribution in [0, 0.1) is 0 Å². The Hall–Kier alpha value is -3.89. The lowest BCUT2D eigenvalue weighted by Gasteiger charge is -2.27. The van der Waals surface area contributed by atoms with E-state index < -0.39 is 44.0 Å². The summed E-state index contributed by atoms with van der Waals surface area (Å²) >= 11 is 0. The van der Waals surface area contributed by atoms with Crippen molar-refractivity contribution >= 4 is 16.9 Å². The molecule has 1 aromatic heterocycles. The highest BCUT2D eigenvalue weighted by Gasteiger charge is 2.57. The molecule has 0 fully saturated rings. The Bertz CT molecular complexity index is 1460. The number of furan rings is 1. The zero-order chi connectivity index (χ0) is 33.5. The molecule has 1 heterocycles. The van der Waals surface area contributed by atoms with Gasteiger partial charge in [0.1, 0.15) is 22.8 Å². The number of methoxy groups -OCH3 is 1. The second-order valence-corrected chi connectivity index (χ2v) is 9.41. The number of carbonyl (C=O) groups is 1. The number of benzene rings is 2. The lowest BCUT2D eigenvalue weighted by molar-refractivity contribution is -0.574. The zero-order valence-electron chi connectivity index (χ0n) is 23.9. The molecule has 0 saturated carbocycles. The first-order valence-corrected chi connectivity index (χ1v) is 13.2. The maximum Gasteiger partial charge on any atom is 0.496 e. The maximum atomic E-state index is 14.1. The molecule has 45 heavy (non-hydrogen) atoms. The van der Waals surface area contributed by atoms with Crippen molar-refractivity contribution in [3.05, 3.63) is 60.7 Å². The van der Waals surface area contributed by atoms with Gasteiger partial charge >= 0.3 is 30.8 Å². The Kier molecular flexibility index (Phi) is 11.4. The predicted octanol–water partition coefficient (Wildman–Crippen LogP) is 8.29. The van der Waals surface area contributed by atoms with E-state index in [1.165, 1.54) is 25.3 Å². The number of ether oxygens (including phenoxy) is 6. The molecule has 3 aromatic rings. The van der Waals surface area contributed by atoms with Crippen LogP contribution in [0.4, 0.5) is 35.1 Å². The van der Waals surface area contributed by atoms with E-state index in [-0.39, 0.29) is 11.3 Å². The Labute approximate surface area is 251 Å². The van der Waals surface area contributed by atoms with Gasteiger partial charge in [-0.05, 0) is 48.7 Å². The minimum absolute atomic E-state index is 0.158. The van der Waals surface area contributed by atoms with Gasteiger partial charge in [-0.2, -0.15) is 17.6 Å². The molecule has 2 aromatic carbocycles. The molecule has 0 aliphatic carbocycles. The highest BCUT2D eigenvalue weighted by molar-refractivity contribution is 5.85. The standard InChI is InChI=1S/C29H28F8O8/c1-4-6-7-8-18-9-12-21(23(13-18)39-3)24-14-19-10-11-20(15-22(19)42-24)40-16-26(30,31)43-28(34,35)45-29(36,37)44-27(32,33)17-41-25(38)5-2/h5,9-15H,2,4,6-8,16-17H2,1,3H3. The fourth-order valence-electron chi connectivity index (χ4n) is 3.88. The van der Waals surface area contributed by atoms with E-state index in [1.807, 2.05) is 18.2 Å². The van der Waals surface area contributed by atoms with Gasteiger partial charge in [0.2, 0.25) is 0 Å². The molecule has 16 heteroatoms. The highest BCUT2D eigenvalue weighted by atomic mass is 19.3. The molecule has 3 rings (SSSR count). The fourth-order valence-corrected chi connectivity index (χ4v) is 3.88. The number of hydrogen-bond acceptors (Lipinski definition) is 8. The number of rotatable bonds is 18. The van der Waals surface area contributed by atoms with Crippen molar-refractivity contribution in [3.63, 3.8) is 0 Å². The quantitative estimate of drug-likeness (QED) is 0.0445. The van der Waals surface area contributed by atoms with E-state index >= 15 is 0 Å². The van der Waals surface area contributed by atoms with Crippen LogP contribution in [-0.4, -0.2) is 51.1 Å². The second kappa shape index (κ2) is 14.5. The van der Waals surface area contributed by atoms with E-state index in [2.05, 4.69) is 32.5 Å². The molecule has 0 N–H and O–H groups in total. The summed E-state index contributed by atoms with van der Waals surface area (Å²) in [5, 5.41) is 0.521. The SMILES string of the molecule is C=CC(=O)OCC(F)(F)OC(F)(F)OC(F)(F)OC(F)(F)COc1ccc2cc(-c3ccc(CCCCC)cc3OC)oc2c1. The summed E-state index contributed by atoms with van der Waals surface area (Å²) in [5.41, 5.74) is 1.83. The molecule has 8 nitrogen and oxygen atoms in total. The van der Waals surface area contributed by atoms with Crippen molar-refractivity contribution in [2.45, 2.75) is 57.4 Å². The minimum atomic E-state index is -5.88. The Morgan fingerprint density at radius 1 is 0.867 bits per heavy atom. The molecule has 0 unspecified atom stereocenters. The smallest absolute Gasteiger partial charge is 0.496 e. The number of esters is 1. The number of fused-ring (bicyclic) bond motifs is 1. The Morgan fingerprint density at radius 3 is 2.16 bits per heavy atom. The van der Waals surface area contributed by atoms with Crippen LogP contribution in [0.5, 0.6) is 11.5 Å². The second-order valence-electron chi connectivity index (χ2n) is 9.41. The molecule has 0 radical (unpaired) electrons. The van der Waals surface area contributed by atoms with Crippen molar-refractivity contribution in [3.8, 4) is 22.8 Å². The van der Waals surface area contributed by atoms with Crippen LogP contribution in [0.3, 0.4) is 0 Å². The molecule has 0 spiro atoms. The van der Waals surface area contributed by atoms with Crippen molar-refractivity contribution in [1.29, 1.82) is 0 Å². The first kappa shape index (κ1) is 35.6. The summed E-state index contributed by atoms with van der Waals surface area (Å²) in [5.74, 6) is -0.880. The normalized spacial score (nSPS) is 12.8. The van der Waals surface area contributed by atoms with Crippen molar-refractivity contribution in [2.75, 3.05) is 20.3 Å². The summed E-state index contributed by atoms with van der Waals surface area (Å²) in [7, 11) is 1.49. The van der Waals surface area contributed by atoms with E-state index in [4.69, 9.17) is 13.9 Å². The van der Waals surface area contributed by atoms with Gasteiger partial charge in [0.15, 0.2) is 13.2 Å².